The molecule has 7 atom stereocenters. The lowest BCUT2D eigenvalue weighted by atomic mass is 9.61. The van der Waals surface area contributed by atoms with Gasteiger partial charge in [0.25, 0.3) is 5.60 Å². The molecule has 3 rings (SSSR count). The summed E-state index contributed by atoms with van der Waals surface area (Å²) in [4.78, 5) is 28.5. The molecule has 2 saturated carbocycles. The SMILES string of the molecule is C=C(COC(=O)C(C)(C)C)[C@H](CC)[C@H](C[C@@H](C)[C@H]1CC[C@H]2/C(=C/Br)CCC[C@]12C)OC(=O)[C@@](OC)(c1ccccc1)C(F)(F)F. The first kappa shape index (κ1) is 37.3. The summed E-state index contributed by atoms with van der Waals surface area (Å²) < 4.78 is 61.1. The molecule has 0 aromatic heterocycles. The third-order valence-electron chi connectivity index (χ3n) is 10.3. The number of esters is 2. The van der Waals surface area contributed by atoms with Gasteiger partial charge >= 0.3 is 18.1 Å². The highest BCUT2D eigenvalue weighted by Gasteiger charge is 2.64. The van der Waals surface area contributed by atoms with E-state index in [2.05, 4.69) is 41.3 Å². The number of halogens is 4. The van der Waals surface area contributed by atoms with Gasteiger partial charge in [0.2, 0.25) is 0 Å². The lowest BCUT2D eigenvalue weighted by Crippen LogP contribution is -2.53. The second-order valence-corrected chi connectivity index (χ2v) is 14.6. The van der Waals surface area contributed by atoms with Crippen LogP contribution in [0.3, 0.4) is 0 Å². The van der Waals surface area contributed by atoms with Gasteiger partial charge in [-0.15, -0.1) is 0 Å². The topological polar surface area (TPSA) is 61.8 Å². The van der Waals surface area contributed by atoms with Crippen LogP contribution < -0.4 is 0 Å². The van der Waals surface area contributed by atoms with Crippen molar-refractivity contribution in [2.24, 2.45) is 34.5 Å². The minimum absolute atomic E-state index is 0.0333. The zero-order valence-corrected chi connectivity index (χ0v) is 29.4. The van der Waals surface area contributed by atoms with E-state index in [0.717, 1.165) is 39.2 Å². The predicted molar refractivity (Wildman–Crippen MR) is 173 cm³/mol. The Bertz CT molecular complexity index is 1220. The van der Waals surface area contributed by atoms with Crippen molar-refractivity contribution in [2.45, 2.75) is 104 Å². The largest absolute Gasteiger partial charge is 0.461 e. The van der Waals surface area contributed by atoms with Gasteiger partial charge in [-0.3, -0.25) is 4.79 Å². The van der Waals surface area contributed by atoms with Gasteiger partial charge in [-0.25, -0.2) is 4.79 Å². The highest BCUT2D eigenvalue weighted by molar-refractivity contribution is 9.11. The second-order valence-electron chi connectivity index (χ2n) is 14.2. The zero-order valence-electron chi connectivity index (χ0n) is 27.8. The summed E-state index contributed by atoms with van der Waals surface area (Å²) in [5.41, 5.74) is -2.45. The summed E-state index contributed by atoms with van der Waals surface area (Å²) in [5.74, 6) is -1.71. The van der Waals surface area contributed by atoms with E-state index < -0.39 is 41.2 Å². The molecule has 5 nitrogen and oxygen atoms in total. The molecule has 0 bridgehead atoms. The Morgan fingerprint density at radius 3 is 2.31 bits per heavy atom. The lowest BCUT2D eigenvalue weighted by molar-refractivity contribution is -0.279. The number of allylic oxidation sites excluding steroid dienone is 1. The molecule has 252 valence electrons. The number of benzene rings is 1. The van der Waals surface area contributed by atoms with Crippen LogP contribution in [0.5, 0.6) is 0 Å². The zero-order chi connectivity index (χ0) is 33.8. The van der Waals surface area contributed by atoms with E-state index in [0.29, 0.717) is 30.3 Å². The molecule has 1 aromatic rings. The molecule has 2 aliphatic rings. The van der Waals surface area contributed by atoms with Gasteiger partial charge in [-0.1, -0.05) is 79.2 Å². The third kappa shape index (κ3) is 7.72. The predicted octanol–water partition coefficient (Wildman–Crippen LogP) is 9.70. The van der Waals surface area contributed by atoms with Gasteiger partial charge in [0.15, 0.2) is 0 Å². The van der Waals surface area contributed by atoms with E-state index in [9.17, 15) is 22.8 Å². The molecule has 1 aromatic carbocycles. The molecule has 2 aliphatic carbocycles. The fourth-order valence-electron chi connectivity index (χ4n) is 7.87. The Hall–Kier alpha value is -2.13. The summed E-state index contributed by atoms with van der Waals surface area (Å²) in [6.07, 6.45) is -0.0218. The van der Waals surface area contributed by atoms with Gasteiger partial charge in [0.1, 0.15) is 12.7 Å². The number of hydrogen-bond donors (Lipinski definition) is 0. The monoisotopic (exact) mass is 698 g/mol. The number of carbonyl (C=O) groups excluding carboxylic acids is 2. The standard InChI is InChI=1S/C36H50BrF3O5/c1-9-27(24(3)22-44-31(41)33(4,5)6)30(20-23(2)28-17-18-29-25(21-37)14-13-19-34(28,29)7)45-32(42)35(43-8,36(38,39)40)26-15-11-10-12-16-26/h10-12,15-16,21,23,27-30H,3,9,13-14,17-20,22H2,1-2,4-8H3/b25-21+/t23-,27+,28-,29+,30+,34-,35+/m1/s1. The van der Waals surface area contributed by atoms with Gasteiger partial charge < -0.3 is 14.2 Å². The number of hydrogen-bond acceptors (Lipinski definition) is 5. The summed E-state index contributed by atoms with van der Waals surface area (Å²) in [6, 6.07) is 6.87. The molecule has 9 heteroatoms. The van der Waals surface area contributed by atoms with E-state index in [4.69, 9.17) is 14.2 Å². The van der Waals surface area contributed by atoms with E-state index in [1.54, 1.807) is 26.8 Å². The molecule has 0 N–H and O–H groups in total. The van der Waals surface area contributed by atoms with Crippen molar-refractivity contribution in [3.05, 3.63) is 58.6 Å². The lowest BCUT2D eigenvalue weighted by Gasteiger charge is -2.45. The van der Waals surface area contributed by atoms with E-state index in [-0.39, 0.29) is 23.5 Å². The van der Waals surface area contributed by atoms with Crippen LogP contribution in [0.1, 0.15) is 92.1 Å². The second kappa shape index (κ2) is 14.7. The molecule has 0 saturated heterocycles. The molecule has 0 spiro atoms. The van der Waals surface area contributed by atoms with Gasteiger partial charge in [0, 0.05) is 18.6 Å². The van der Waals surface area contributed by atoms with Crippen molar-refractivity contribution >= 4 is 27.9 Å². The normalized spacial score (nSPS) is 26.3. The number of carbonyl (C=O) groups is 2. The van der Waals surface area contributed by atoms with E-state index in [1.165, 1.54) is 29.8 Å². The molecular formula is C36H50BrF3O5. The van der Waals surface area contributed by atoms with Crippen LogP contribution in [0, 0.1) is 34.5 Å². The number of alkyl halides is 3. The fraction of sp³-hybridized carbons (Fsp3) is 0.667. The first-order valence-electron chi connectivity index (χ1n) is 16.0. The van der Waals surface area contributed by atoms with Crippen LogP contribution in [-0.2, 0) is 29.4 Å². The Balaban J connectivity index is 1.99. The third-order valence-corrected chi connectivity index (χ3v) is 10.9. The average molecular weight is 700 g/mol. The molecule has 2 fully saturated rings. The maximum Gasteiger partial charge on any atom is 0.432 e. The molecule has 0 amide bonds. The Morgan fingerprint density at radius 2 is 1.78 bits per heavy atom. The number of ether oxygens (including phenoxy) is 3. The first-order chi connectivity index (χ1) is 21.0. The van der Waals surface area contributed by atoms with E-state index >= 15 is 0 Å². The molecule has 45 heavy (non-hydrogen) atoms. The Kier molecular flexibility index (Phi) is 12.2. The summed E-state index contributed by atoms with van der Waals surface area (Å²) in [6.45, 7) is 15.6. The molecule has 0 radical (unpaired) electrons. The van der Waals surface area contributed by atoms with Crippen molar-refractivity contribution in [3.8, 4) is 0 Å². The Labute approximate surface area is 275 Å². The average Bonchev–Trinajstić information content (AvgIpc) is 3.33. The minimum atomic E-state index is -5.09. The molecular weight excluding hydrogens is 649 g/mol. The number of fused-ring (bicyclic) bond motifs is 1. The van der Waals surface area contributed by atoms with Crippen LogP contribution in [0.15, 0.2) is 53.0 Å². The number of methoxy groups -OCH3 is 1. The van der Waals surface area contributed by atoms with Crippen LogP contribution in [0.2, 0.25) is 0 Å². The quantitative estimate of drug-likeness (QED) is 0.161. The van der Waals surface area contributed by atoms with Gasteiger partial charge in [0.05, 0.1) is 5.41 Å². The fourth-order valence-corrected chi connectivity index (χ4v) is 8.42. The smallest absolute Gasteiger partial charge is 0.432 e. The van der Waals surface area contributed by atoms with Crippen molar-refractivity contribution < 1.29 is 37.0 Å². The minimum Gasteiger partial charge on any atom is -0.461 e. The molecule has 0 heterocycles. The molecule has 0 unspecified atom stereocenters. The summed E-state index contributed by atoms with van der Waals surface area (Å²) >= 11 is 3.57. The van der Waals surface area contributed by atoms with Gasteiger partial charge in [-0.05, 0) is 99.4 Å². The summed E-state index contributed by atoms with van der Waals surface area (Å²) in [5, 5.41) is 0. The van der Waals surface area contributed by atoms with Crippen LogP contribution >= 0.6 is 15.9 Å². The van der Waals surface area contributed by atoms with Crippen molar-refractivity contribution in [1.29, 1.82) is 0 Å². The summed E-state index contributed by atoms with van der Waals surface area (Å²) in [7, 11) is 0.874. The molecule has 0 aliphatic heterocycles. The van der Waals surface area contributed by atoms with Crippen molar-refractivity contribution in [1.82, 2.24) is 0 Å². The Morgan fingerprint density at radius 1 is 1.13 bits per heavy atom. The first-order valence-corrected chi connectivity index (χ1v) is 16.9. The highest BCUT2D eigenvalue weighted by atomic mass is 79.9. The maximum atomic E-state index is 14.8. The van der Waals surface area contributed by atoms with Crippen molar-refractivity contribution in [3.63, 3.8) is 0 Å². The van der Waals surface area contributed by atoms with Gasteiger partial charge in [-0.2, -0.15) is 13.2 Å². The van der Waals surface area contributed by atoms with Crippen LogP contribution in [-0.4, -0.2) is 37.9 Å². The van der Waals surface area contributed by atoms with E-state index in [1.807, 2.05) is 6.92 Å². The van der Waals surface area contributed by atoms with Crippen LogP contribution in [0.25, 0.3) is 0 Å². The van der Waals surface area contributed by atoms with Crippen molar-refractivity contribution in [2.75, 3.05) is 13.7 Å². The maximum absolute atomic E-state index is 14.8. The number of rotatable bonds is 12. The highest BCUT2D eigenvalue weighted by Crippen LogP contribution is 2.60. The van der Waals surface area contributed by atoms with Crippen LogP contribution in [0.4, 0.5) is 13.2 Å².